The number of pyridine rings is 1. The molecule has 0 unspecified atom stereocenters. The molecule has 2 amide bonds. The Kier molecular flexibility index (Phi) is 10.0. The van der Waals surface area contributed by atoms with Crippen LogP contribution >= 0.6 is 22.6 Å². The Bertz CT molecular complexity index is 1630. The number of halogens is 13. The van der Waals surface area contributed by atoms with Crippen LogP contribution in [0.4, 0.5) is 64.1 Å². The first kappa shape index (κ1) is 35.4. The van der Waals surface area contributed by atoms with Crippen LogP contribution in [0, 0.1) is 26.7 Å². The second kappa shape index (κ2) is 12.7. The van der Waals surface area contributed by atoms with Gasteiger partial charge in [-0.15, -0.1) is 0 Å². The van der Waals surface area contributed by atoms with Crippen LogP contribution in [0.3, 0.4) is 0 Å². The van der Waals surface area contributed by atoms with Crippen molar-refractivity contribution >= 4 is 45.8 Å². The Labute approximate surface area is 257 Å². The van der Waals surface area contributed by atoms with Crippen molar-refractivity contribution < 1.29 is 62.3 Å². The summed E-state index contributed by atoms with van der Waals surface area (Å²) in [7, 11) is 0. The first-order valence-electron chi connectivity index (χ1n) is 11.8. The van der Waals surface area contributed by atoms with Gasteiger partial charge >= 0.3 is 24.2 Å². The van der Waals surface area contributed by atoms with Crippen molar-refractivity contribution in [2.45, 2.75) is 30.6 Å². The predicted molar refractivity (Wildman–Crippen MR) is 140 cm³/mol. The molecule has 0 aliphatic heterocycles. The van der Waals surface area contributed by atoms with Gasteiger partial charge in [0.25, 0.3) is 11.8 Å². The van der Waals surface area contributed by atoms with Gasteiger partial charge in [0.15, 0.2) is 5.82 Å². The third-order valence-corrected chi connectivity index (χ3v) is 6.84. The maximum atomic E-state index is 15.6. The monoisotopic (exact) mass is 768 g/mol. The minimum atomic E-state index is -6.75. The van der Waals surface area contributed by atoms with Gasteiger partial charge in [-0.3, -0.25) is 9.59 Å². The second-order valence-electron chi connectivity index (χ2n) is 8.86. The fourth-order valence-corrected chi connectivity index (χ4v) is 4.64. The highest BCUT2D eigenvalue weighted by atomic mass is 127. The normalized spacial score (nSPS) is 12.4. The Hall–Kier alpha value is -4.09. The van der Waals surface area contributed by atoms with E-state index in [1.807, 2.05) is 0 Å². The molecule has 0 bridgehead atoms. The molecule has 0 atom stereocenters. The van der Waals surface area contributed by atoms with Crippen LogP contribution < -0.4 is 10.2 Å². The molecule has 0 saturated heterocycles. The maximum absolute atomic E-state index is 15.6. The van der Waals surface area contributed by atoms with Crippen LogP contribution in [-0.4, -0.2) is 35.7 Å². The number of nitrogens with zero attached hydrogens (tertiary/aromatic N) is 3. The zero-order chi connectivity index (χ0) is 34.1. The first-order valence-corrected chi connectivity index (χ1v) is 12.9. The average Bonchev–Trinajstić information content (AvgIpc) is 2.92. The van der Waals surface area contributed by atoms with Crippen LogP contribution in [0.2, 0.25) is 0 Å². The highest BCUT2D eigenvalue weighted by Crippen LogP contribution is 2.54. The van der Waals surface area contributed by atoms with Gasteiger partial charge in [0.05, 0.1) is 40.6 Å². The number of hydrogen-bond acceptors (Lipinski definition) is 4. The molecule has 6 nitrogen and oxygen atoms in total. The molecular formula is C26H13F12IN4O2. The van der Waals surface area contributed by atoms with Gasteiger partial charge in [-0.1, -0.05) is 6.07 Å². The van der Waals surface area contributed by atoms with E-state index in [4.69, 9.17) is 5.26 Å². The van der Waals surface area contributed by atoms with Gasteiger partial charge in [0, 0.05) is 21.9 Å². The molecular weight excluding hydrogens is 755 g/mol. The minimum Gasteiger partial charge on any atom is -0.320 e. The number of nitriles is 1. The summed E-state index contributed by atoms with van der Waals surface area (Å²) in [5.41, 5.74) is -14.5. The third kappa shape index (κ3) is 7.10. The van der Waals surface area contributed by atoms with Crippen molar-refractivity contribution in [2.75, 3.05) is 16.8 Å². The molecule has 1 heterocycles. The van der Waals surface area contributed by atoms with Crippen molar-refractivity contribution in [3.63, 3.8) is 0 Å². The van der Waals surface area contributed by atoms with E-state index in [-0.39, 0.29) is 11.6 Å². The Morgan fingerprint density at radius 2 is 1.56 bits per heavy atom. The van der Waals surface area contributed by atoms with E-state index < -0.39 is 98.4 Å². The highest BCUT2D eigenvalue weighted by Gasteiger charge is 2.73. The summed E-state index contributed by atoms with van der Waals surface area (Å²) in [4.78, 5) is 29.9. The van der Waals surface area contributed by atoms with E-state index in [0.29, 0.717) is 4.90 Å². The Balaban J connectivity index is 2.12. The fraction of sp³-hybridized carbons (Fsp3) is 0.231. The molecule has 3 rings (SSSR count). The van der Waals surface area contributed by atoms with Gasteiger partial charge in [-0.05, 0) is 59.0 Å². The predicted octanol–water partition coefficient (Wildman–Crippen LogP) is 8.09. The molecule has 3 aromatic rings. The topological polar surface area (TPSA) is 86.1 Å². The first-order chi connectivity index (χ1) is 20.6. The zero-order valence-corrected chi connectivity index (χ0v) is 23.8. The molecule has 0 spiro atoms. The van der Waals surface area contributed by atoms with E-state index in [0.717, 1.165) is 59.1 Å². The van der Waals surface area contributed by atoms with Gasteiger partial charge in [0.1, 0.15) is 0 Å². The summed E-state index contributed by atoms with van der Waals surface area (Å²) in [5, 5.41) is 10.5. The molecule has 19 heteroatoms. The minimum absolute atomic E-state index is 0.210. The lowest BCUT2D eigenvalue weighted by molar-refractivity contribution is -0.348. The number of carbonyl (C=O) groups is 2. The van der Waals surface area contributed by atoms with E-state index >= 15 is 4.39 Å². The van der Waals surface area contributed by atoms with Gasteiger partial charge in [-0.2, -0.15) is 49.2 Å². The Morgan fingerprint density at radius 3 is 2.07 bits per heavy atom. The number of carbonyl (C=O) groups excluding carboxylic acids is 2. The quantitative estimate of drug-likeness (QED) is 0.150. The van der Waals surface area contributed by atoms with Crippen LogP contribution in [0.5, 0.6) is 0 Å². The number of alkyl halides is 10. The summed E-state index contributed by atoms with van der Waals surface area (Å²) in [6, 6.07) is 5.08. The molecule has 240 valence electrons. The van der Waals surface area contributed by atoms with E-state index in [1.54, 1.807) is 11.4 Å². The van der Waals surface area contributed by atoms with Crippen LogP contribution in [0.25, 0.3) is 0 Å². The van der Waals surface area contributed by atoms with E-state index in [1.165, 1.54) is 0 Å². The highest BCUT2D eigenvalue weighted by molar-refractivity contribution is 14.1. The summed E-state index contributed by atoms with van der Waals surface area (Å²) in [5.74, 6) is -5.27. The Morgan fingerprint density at radius 1 is 0.933 bits per heavy atom. The largest absolute Gasteiger partial charge is 0.435 e. The standard InChI is InChI=1S/C26H13F12IN4O2/c27-18-6-5-12(11-41-18)22(45)43(8-2-7-40)17-4-1-3-14(19(17)28)21(44)42-20-15(24(30,31)32)9-13(10-16(20)39)23(29,25(33,34)35)26(36,37)38/h1,3-6,9-11H,2,8H2,(H,42,44). The molecule has 0 fully saturated rings. The van der Waals surface area contributed by atoms with Crippen molar-refractivity contribution in [1.29, 1.82) is 5.26 Å². The molecule has 1 N–H and O–H groups in total. The number of nitrogens with one attached hydrogen (secondary N) is 1. The van der Waals surface area contributed by atoms with Gasteiger partial charge in [0.2, 0.25) is 5.95 Å². The van der Waals surface area contributed by atoms with Crippen molar-refractivity contribution in [3.05, 3.63) is 86.3 Å². The van der Waals surface area contributed by atoms with Crippen molar-refractivity contribution in [2.24, 2.45) is 0 Å². The number of rotatable bonds is 7. The molecule has 2 aromatic carbocycles. The zero-order valence-electron chi connectivity index (χ0n) is 21.6. The summed E-state index contributed by atoms with van der Waals surface area (Å²) < 4.78 is 163. The molecule has 0 aliphatic carbocycles. The second-order valence-corrected chi connectivity index (χ2v) is 10.0. The summed E-state index contributed by atoms with van der Waals surface area (Å²) in [6.07, 6.45) is -18.9. The molecule has 0 saturated carbocycles. The fourth-order valence-electron chi connectivity index (χ4n) is 3.88. The van der Waals surface area contributed by atoms with Crippen molar-refractivity contribution in [3.8, 4) is 6.07 Å². The number of hydrogen-bond donors (Lipinski definition) is 1. The SMILES string of the molecule is N#CCCN(C(=O)c1ccc(F)nc1)c1cccc(C(=O)Nc2c(I)cc(C(F)(C(F)(F)F)C(F)(F)F)cc2C(F)(F)F)c1F. The van der Waals surface area contributed by atoms with E-state index in [9.17, 15) is 57.9 Å². The molecule has 1 aromatic heterocycles. The molecule has 0 aliphatic rings. The summed E-state index contributed by atoms with van der Waals surface area (Å²) in [6.45, 7) is -0.504. The molecule has 45 heavy (non-hydrogen) atoms. The van der Waals surface area contributed by atoms with Crippen molar-refractivity contribution in [1.82, 2.24) is 4.98 Å². The smallest absolute Gasteiger partial charge is 0.320 e. The average molecular weight is 768 g/mol. The third-order valence-electron chi connectivity index (χ3n) is 5.99. The van der Waals surface area contributed by atoms with Crippen LogP contribution in [0.15, 0.2) is 48.7 Å². The number of benzene rings is 2. The lowest BCUT2D eigenvalue weighted by Gasteiger charge is -2.31. The van der Waals surface area contributed by atoms with E-state index in [2.05, 4.69) is 4.98 Å². The number of aromatic nitrogens is 1. The maximum Gasteiger partial charge on any atom is 0.435 e. The number of anilines is 2. The molecule has 0 radical (unpaired) electrons. The van der Waals surface area contributed by atoms with Crippen LogP contribution in [-0.2, 0) is 11.8 Å². The van der Waals surface area contributed by atoms with Gasteiger partial charge in [-0.25, -0.2) is 13.8 Å². The lowest BCUT2D eigenvalue weighted by atomic mass is 9.92. The number of amides is 2. The van der Waals surface area contributed by atoms with Gasteiger partial charge < -0.3 is 10.2 Å². The summed E-state index contributed by atoms with van der Waals surface area (Å²) >= 11 is 0.833. The lowest BCUT2D eigenvalue weighted by Crippen LogP contribution is -2.50. The van der Waals surface area contributed by atoms with Crippen LogP contribution in [0.1, 0.15) is 38.3 Å².